The molecule has 0 amide bonds. The summed E-state index contributed by atoms with van der Waals surface area (Å²) < 4.78 is 1.94. The Morgan fingerprint density at radius 1 is 1.38 bits per heavy atom. The van der Waals surface area contributed by atoms with Crippen LogP contribution in [0.3, 0.4) is 0 Å². The van der Waals surface area contributed by atoms with Crippen LogP contribution < -0.4 is 0 Å². The molecule has 1 aromatic carbocycles. The van der Waals surface area contributed by atoms with Gasteiger partial charge in [-0.1, -0.05) is 25.1 Å². The molecule has 0 atom stereocenters. The Hall–Kier alpha value is -2.36. The van der Waals surface area contributed by atoms with Gasteiger partial charge in [0.1, 0.15) is 0 Å². The van der Waals surface area contributed by atoms with E-state index in [2.05, 4.69) is 5.10 Å². The van der Waals surface area contributed by atoms with E-state index in [0.717, 1.165) is 29.8 Å². The number of hydrogen-bond donors (Lipinski definition) is 1. The van der Waals surface area contributed by atoms with Gasteiger partial charge in [-0.25, -0.2) is 9.48 Å². The summed E-state index contributed by atoms with van der Waals surface area (Å²) in [4.78, 5) is 11.2. The zero-order valence-electron chi connectivity index (χ0n) is 12.0. The average Bonchev–Trinajstić information content (AvgIpc) is 3.25. The van der Waals surface area contributed by atoms with Crippen LogP contribution in [0.4, 0.5) is 0 Å². The van der Waals surface area contributed by atoms with Crippen molar-refractivity contribution in [2.45, 2.75) is 32.1 Å². The maximum Gasteiger partial charge on any atom is 0.331 e. The van der Waals surface area contributed by atoms with Crippen LogP contribution in [-0.2, 0) is 4.79 Å². The van der Waals surface area contributed by atoms with Gasteiger partial charge in [-0.15, -0.1) is 0 Å². The molecule has 1 heterocycles. The molecular weight excluding hydrogens is 264 g/mol. The lowest BCUT2D eigenvalue weighted by Crippen LogP contribution is -2.02. The fourth-order valence-electron chi connectivity index (χ4n) is 2.52. The van der Waals surface area contributed by atoms with E-state index in [1.54, 1.807) is 12.3 Å². The number of para-hydroxylation sites is 1. The SMILES string of the molecule is CCC(=Cc1cnn(-c2ccccc2)c1C1CC1)C(=O)O. The van der Waals surface area contributed by atoms with Gasteiger partial charge in [-0.05, 0) is 37.5 Å². The molecule has 0 unspecified atom stereocenters. The third-order valence-electron chi connectivity index (χ3n) is 3.79. The van der Waals surface area contributed by atoms with Gasteiger partial charge in [0.2, 0.25) is 0 Å². The number of rotatable bonds is 5. The van der Waals surface area contributed by atoms with Gasteiger partial charge in [-0.3, -0.25) is 0 Å². The maximum absolute atomic E-state index is 11.2. The quantitative estimate of drug-likeness (QED) is 0.852. The minimum Gasteiger partial charge on any atom is -0.478 e. The molecule has 0 bridgehead atoms. The molecule has 21 heavy (non-hydrogen) atoms. The average molecular weight is 282 g/mol. The largest absolute Gasteiger partial charge is 0.478 e. The molecule has 1 N–H and O–H groups in total. The van der Waals surface area contributed by atoms with Crippen LogP contribution in [0.1, 0.15) is 43.4 Å². The molecule has 3 rings (SSSR count). The summed E-state index contributed by atoms with van der Waals surface area (Å²) in [5, 5.41) is 13.7. The van der Waals surface area contributed by atoms with E-state index >= 15 is 0 Å². The zero-order valence-corrected chi connectivity index (χ0v) is 12.0. The van der Waals surface area contributed by atoms with Crippen molar-refractivity contribution in [1.82, 2.24) is 9.78 Å². The van der Waals surface area contributed by atoms with Crippen LogP contribution in [0.15, 0.2) is 42.1 Å². The summed E-state index contributed by atoms with van der Waals surface area (Å²) >= 11 is 0. The minimum atomic E-state index is -0.855. The number of nitrogens with zero attached hydrogens (tertiary/aromatic N) is 2. The van der Waals surface area contributed by atoms with Crippen molar-refractivity contribution < 1.29 is 9.90 Å². The van der Waals surface area contributed by atoms with E-state index in [1.165, 1.54) is 0 Å². The monoisotopic (exact) mass is 282 g/mol. The molecule has 1 aliphatic carbocycles. The van der Waals surface area contributed by atoms with Crippen molar-refractivity contribution in [3.05, 3.63) is 53.4 Å². The van der Waals surface area contributed by atoms with E-state index in [1.807, 2.05) is 41.9 Å². The second-order valence-corrected chi connectivity index (χ2v) is 5.34. The third-order valence-corrected chi connectivity index (χ3v) is 3.79. The molecule has 1 aliphatic rings. The van der Waals surface area contributed by atoms with Crippen molar-refractivity contribution in [2.24, 2.45) is 0 Å². The normalized spacial score (nSPS) is 15.2. The van der Waals surface area contributed by atoms with Gasteiger partial charge < -0.3 is 5.11 Å². The summed E-state index contributed by atoms with van der Waals surface area (Å²) in [5.74, 6) is -0.363. The maximum atomic E-state index is 11.2. The Morgan fingerprint density at radius 2 is 2.10 bits per heavy atom. The Labute approximate surface area is 123 Å². The predicted octanol–water partition coefficient (Wildman–Crippen LogP) is 3.63. The molecule has 0 spiro atoms. The van der Waals surface area contributed by atoms with E-state index in [4.69, 9.17) is 0 Å². The fourth-order valence-corrected chi connectivity index (χ4v) is 2.52. The summed E-state index contributed by atoms with van der Waals surface area (Å²) in [6.07, 6.45) is 6.35. The highest BCUT2D eigenvalue weighted by Crippen LogP contribution is 2.43. The molecule has 2 aromatic rings. The van der Waals surface area contributed by atoms with E-state index < -0.39 is 5.97 Å². The van der Waals surface area contributed by atoms with Gasteiger partial charge >= 0.3 is 5.97 Å². The van der Waals surface area contributed by atoms with Crippen LogP contribution >= 0.6 is 0 Å². The van der Waals surface area contributed by atoms with Crippen LogP contribution in [0.2, 0.25) is 0 Å². The Balaban J connectivity index is 2.07. The Kier molecular flexibility index (Phi) is 3.60. The molecular formula is C17H18N2O2. The van der Waals surface area contributed by atoms with Crippen LogP contribution in [0.5, 0.6) is 0 Å². The highest BCUT2D eigenvalue weighted by molar-refractivity contribution is 5.92. The first-order valence-corrected chi connectivity index (χ1v) is 7.28. The number of carbonyl (C=O) groups is 1. The summed E-state index contributed by atoms with van der Waals surface area (Å²) in [6, 6.07) is 9.98. The molecule has 0 saturated heterocycles. The molecule has 1 saturated carbocycles. The highest BCUT2D eigenvalue weighted by atomic mass is 16.4. The Morgan fingerprint density at radius 3 is 2.67 bits per heavy atom. The van der Waals surface area contributed by atoms with Crippen LogP contribution in [-0.4, -0.2) is 20.9 Å². The lowest BCUT2D eigenvalue weighted by Gasteiger charge is -2.08. The lowest BCUT2D eigenvalue weighted by molar-refractivity contribution is -0.132. The number of aliphatic carboxylic acids is 1. The summed E-state index contributed by atoms with van der Waals surface area (Å²) in [5.41, 5.74) is 3.51. The molecule has 4 heteroatoms. The smallest absolute Gasteiger partial charge is 0.331 e. The first-order chi connectivity index (χ1) is 10.2. The zero-order chi connectivity index (χ0) is 14.8. The fraction of sp³-hybridized carbons (Fsp3) is 0.294. The highest BCUT2D eigenvalue weighted by Gasteiger charge is 2.30. The van der Waals surface area contributed by atoms with Gasteiger partial charge in [0, 0.05) is 17.1 Å². The number of hydrogen-bond acceptors (Lipinski definition) is 2. The molecule has 1 fully saturated rings. The van der Waals surface area contributed by atoms with Crippen LogP contribution in [0.25, 0.3) is 11.8 Å². The Bertz CT molecular complexity index is 682. The number of carboxylic acid groups (broad SMARTS) is 1. The van der Waals surface area contributed by atoms with Crippen molar-refractivity contribution in [2.75, 3.05) is 0 Å². The predicted molar refractivity (Wildman–Crippen MR) is 81.4 cm³/mol. The molecule has 108 valence electrons. The van der Waals surface area contributed by atoms with E-state index in [0.29, 0.717) is 17.9 Å². The molecule has 0 radical (unpaired) electrons. The number of benzene rings is 1. The first-order valence-electron chi connectivity index (χ1n) is 7.28. The van der Waals surface area contributed by atoms with Crippen molar-refractivity contribution in [1.29, 1.82) is 0 Å². The van der Waals surface area contributed by atoms with Crippen molar-refractivity contribution in [3.63, 3.8) is 0 Å². The van der Waals surface area contributed by atoms with Gasteiger partial charge in [0.15, 0.2) is 0 Å². The van der Waals surface area contributed by atoms with Crippen LogP contribution in [0, 0.1) is 0 Å². The first kappa shape index (κ1) is 13.6. The number of aromatic nitrogens is 2. The van der Waals surface area contributed by atoms with Crippen molar-refractivity contribution >= 4 is 12.0 Å². The summed E-state index contributed by atoms with van der Waals surface area (Å²) in [7, 11) is 0. The van der Waals surface area contributed by atoms with Crippen molar-refractivity contribution in [3.8, 4) is 5.69 Å². The third kappa shape index (κ3) is 2.75. The molecule has 1 aromatic heterocycles. The topological polar surface area (TPSA) is 55.1 Å². The number of carboxylic acids is 1. The second-order valence-electron chi connectivity index (χ2n) is 5.34. The van der Waals surface area contributed by atoms with Gasteiger partial charge in [0.05, 0.1) is 17.6 Å². The molecule has 0 aliphatic heterocycles. The minimum absolute atomic E-state index is 0.421. The van der Waals surface area contributed by atoms with E-state index in [-0.39, 0.29) is 0 Å². The van der Waals surface area contributed by atoms with Gasteiger partial charge in [0.25, 0.3) is 0 Å². The summed E-state index contributed by atoms with van der Waals surface area (Å²) in [6.45, 7) is 1.86. The second kappa shape index (κ2) is 5.56. The lowest BCUT2D eigenvalue weighted by atomic mass is 10.1. The van der Waals surface area contributed by atoms with E-state index in [9.17, 15) is 9.90 Å². The van der Waals surface area contributed by atoms with Gasteiger partial charge in [-0.2, -0.15) is 5.10 Å². The molecule has 4 nitrogen and oxygen atoms in total. The standard InChI is InChI=1S/C17H18N2O2/c1-2-12(17(20)21)10-14-11-18-19(16(14)13-8-9-13)15-6-4-3-5-7-15/h3-7,10-11,13H,2,8-9H2,1H3,(H,20,21).